The van der Waals surface area contributed by atoms with E-state index in [-0.39, 0.29) is 11.9 Å². The van der Waals surface area contributed by atoms with E-state index in [0.717, 1.165) is 38.0 Å². The molecule has 1 aliphatic rings. The largest absolute Gasteiger partial charge is 0.493 e. The van der Waals surface area contributed by atoms with Gasteiger partial charge in [-0.2, -0.15) is 0 Å². The van der Waals surface area contributed by atoms with Crippen molar-refractivity contribution in [3.63, 3.8) is 0 Å². The molecule has 0 N–H and O–H groups in total. The number of likely N-dealkylation sites (tertiary alicyclic amines) is 1. The second-order valence-corrected chi connectivity index (χ2v) is 7.65. The zero-order chi connectivity index (χ0) is 20.8. The monoisotopic (exact) mass is 396 g/mol. The third kappa shape index (κ3) is 5.10. The summed E-state index contributed by atoms with van der Waals surface area (Å²) in [5.41, 5.74) is 3.60. The summed E-state index contributed by atoms with van der Waals surface area (Å²) in [7, 11) is 3.28. The lowest BCUT2D eigenvalue weighted by Gasteiger charge is -2.29. The van der Waals surface area contributed by atoms with Gasteiger partial charge in [0.25, 0.3) is 0 Å². The van der Waals surface area contributed by atoms with E-state index in [1.807, 2.05) is 23.1 Å². The van der Waals surface area contributed by atoms with Crippen LogP contribution in [-0.2, 0) is 11.3 Å². The Bertz CT molecular complexity index is 837. The number of amides is 1. The Labute approximate surface area is 174 Å². The first-order valence-corrected chi connectivity index (χ1v) is 10.3. The molecule has 0 aliphatic carbocycles. The van der Waals surface area contributed by atoms with Crippen LogP contribution in [0.2, 0.25) is 0 Å². The van der Waals surface area contributed by atoms with Gasteiger partial charge in [0.1, 0.15) is 0 Å². The highest BCUT2D eigenvalue weighted by Crippen LogP contribution is 2.37. The molecule has 0 radical (unpaired) electrons. The Kier molecular flexibility index (Phi) is 7.15. The first-order valence-electron chi connectivity index (χ1n) is 10.3. The summed E-state index contributed by atoms with van der Waals surface area (Å²) in [5, 5.41) is 0. The second-order valence-electron chi connectivity index (χ2n) is 7.65. The lowest BCUT2D eigenvalue weighted by Crippen LogP contribution is -2.39. The number of benzene rings is 2. The van der Waals surface area contributed by atoms with Crippen LogP contribution in [0.1, 0.15) is 42.5 Å². The fourth-order valence-electron chi connectivity index (χ4n) is 4.10. The normalized spacial score (nSPS) is 16.3. The lowest BCUT2D eigenvalue weighted by molar-refractivity contribution is -0.133. The minimum absolute atomic E-state index is 0.0972. The van der Waals surface area contributed by atoms with Crippen LogP contribution in [0.4, 0.5) is 0 Å². The first kappa shape index (κ1) is 21.2. The molecule has 1 amide bonds. The number of likely N-dealkylation sites (N-methyl/N-ethyl adjacent to an activating group) is 1. The molecule has 2 aromatic carbocycles. The smallest absolute Gasteiger partial charge is 0.237 e. The number of rotatable bonds is 8. The molecule has 0 bridgehead atoms. The van der Waals surface area contributed by atoms with Crippen LogP contribution in [0.3, 0.4) is 0 Å². The molecule has 0 spiro atoms. The number of hydrogen-bond donors (Lipinski definition) is 0. The molecule has 0 aromatic heterocycles. The summed E-state index contributed by atoms with van der Waals surface area (Å²) < 4.78 is 10.8. The van der Waals surface area contributed by atoms with Crippen molar-refractivity contribution < 1.29 is 14.3 Å². The molecule has 29 heavy (non-hydrogen) atoms. The average Bonchev–Trinajstić information content (AvgIpc) is 3.22. The van der Waals surface area contributed by atoms with Crippen molar-refractivity contribution in [3.8, 4) is 11.5 Å². The highest BCUT2D eigenvalue weighted by atomic mass is 16.5. The molecule has 1 heterocycles. The fourth-order valence-corrected chi connectivity index (χ4v) is 4.10. The lowest BCUT2D eigenvalue weighted by atomic mass is 10.0. The van der Waals surface area contributed by atoms with Gasteiger partial charge in [0.2, 0.25) is 5.91 Å². The van der Waals surface area contributed by atoms with Gasteiger partial charge in [-0.1, -0.05) is 42.8 Å². The SMILES string of the molecule is CCN(CC(=O)N1CCCC1c1ccc(OC)c(OC)c1)Cc1cccc(C)c1. The minimum atomic E-state index is 0.0972. The number of hydrogen-bond acceptors (Lipinski definition) is 4. The molecule has 1 fully saturated rings. The van der Waals surface area contributed by atoms with Gasteiger partial charge in [0.05, 0.1) is 26.8 Å². The maximum Gasteiger partial charge on any atom is 0.237 e. The Hall–Kier alpha value is -2.53. The van der Waals surface area contributed by atoms with E-state index in [1.165, 1.54) is 11.1 Å². The third-order valence-electron chi connectivity index (χ3n) is 5.66. The molecule has 1 atom stereocenters. The van der Waals surface area contributed by atoms with Crippen LogP contribution in [0, 0.1) is 6.92 Å². The molecule has 1 unspecified atom stereocenters. The number of carbonyl (C=O) groups excluding carboxylic acids is 1. The molecular weight excluding hydrogens is 364 g/mol. The zero-order valence-electron chi connectivity index (χ0n) is 18.0. The zero-order valence-corrected chi connectivity index (χ0v) is 18.0. The van der Waals surface area contributed by atoms with Gasteiger partial charge in [-0.3, -0.25) is 9.69 Å². The molecule has 1 aliphatic heterocycles. The molecule has 1 saturated heterocycles. The van der Waals surface area contributed by atoms with Crippen LogP contribution < -0.4 is 9.47 Å². The van der Waals surface area contributed by atoms with E-state index < -0.39 is 0 Å². The van der Waals surface area contributed by atoms with Gasteiger partial charge in [0.15, 0.2) is 11.5 Å². The third-order valence-corrected chi connectivity index (χ3v) is 5.66. The van der Waals surface area contributed by atoms with Gasteiger partial charge in [0, 0.05) is 13.1 Å². The van der Waals surface area contributed by atoms with Gasteiger partial charge >= 0.3 is 0 Å². The van der Waals surface area contributed by atoms with Crippen molar-refractivity contribution in [2.75, 3.05) is 33.9 Å². The van der Waals surface area contributed by atoms with Crippen molar-refractivity contribution in [2.24, 2.45) is 0 Å². The highest BCUT2D eigenvalue weighted by Gasteiger charge is 2.31. The summed E-state index contributed by atoms with van der Waals surface area (Å²) in [4.78, 5) is 17.4. The number of carbonyl (C=O) groups is 1. The highest BCUT2D eigenvalue weighted by molar-refractivity contribution is 5.79. The molecule has 156 valence electrons. The summed E-state index contributed by atoms with van der Waals surface area (Å²) >= 11 is 0. The maximum absolute atomic E-state index is 13.2. The van der Waals surface area contributed by atoms with E-state index >= 15 is 0 Å². The van der Waals surface area contributed by atoms with Crippen LogP contribution >= 0.6 is 0 Å². The van der Waals surface area contributed by atoms with Gasteiger partial charge in [-0.15, -0.1) is 0 Å². The van der Waals surface area contributed by atoms with Gasteiger partial charge in [-0.25, -0.2) is 0 Å². The number of ether oxygens (including phenoxy) is 2. The van der Waals surface area contributed by atoms with Crippen molar-refractivity contribution >= 4 is 5.91 Å². The molecule has 5 heteroatoms. The Morgan fingerprint density at radius 1 is 1.14 bits per heavy atom. The van der Waals surface area contributed by atoms with E-state index in [2.05, 4.69) is 43.0 Å². The molecule has 5 nitrogen and oxygen atoms in total. The Morgan fingerprint density at radius 3 is 2.62 bits per heavy atom. The van der Waals surface area contributed by atoms with E-state index in [4.69, 9.17) is 9.47 Å². The van der Waals surface area contributed by atoms with Crippen LogP contribution in [-0.4, -0.2) is 49.6 Å². The Morgan fingerprint density at radius 2 is 1.93 bits per heavy atom. The van der Waals surface area contributed by atoms with Crippen molar-refractivity contribution in [2.45, 2.75) is 39.3 Å². The predicted octanol–water partition coefficient (Wildman–Crippen LogP) is 4.20. The van der Waals surface area contributed by atoms with Crippen molar-refractivity contribution in [3.05, 3.63) is 59.2 Å². The topological polar surface area (TPSA) is 42.0 Å². The van der Waals surface area contributed by atoms with Crippen molar-refractivity contribution in [1.29, 1.82) is 0 Å². The molecular formula is C24H32N2O3. The van der Waals surface area contributed by atoms with E-state index in [9.17, 15) is 4.79 Å². The second kappa shape index (κ2) is 9.79. The molecule has 2 aromatic rings. The van der Waals surface area contributed by atoms with E-state index in [1.54, 1.807) is 14.2 Å². The average molecular weight is 397 g/mol. The van der Waals surface area contributed by atoms with E-state index in [0.29, 0.717) is 18.0 Å². The summed E-state index contributed by atoms with van der Waals surface area (Å²) in [5.74, 6) is 1.61. The van der Waals surface area contributed by atoms with Crippen LogP contribution in [0.5, 0.6) is 11.5 Å². The van der Waals surface area contributed by atoms with Gasteiger partial charge < -0.3 is 14.4 Å². The summed E-state index contributed by atoms with van der Waals surface area (Å²) in [6.07, 6.45) is 2.00. The van der Waals surface area contributed by atoms with Crippen molar-refractivity contribution in [1.82, 2.24) is 9.80 Å². The minimum Gasteiger partial charge on any atom is -0.493 e. The summed E-state index contributed by atoms with van der Waals surface area (Å²) in [6, 6.07) is 14.6. The first-order chi connectivity index (χ1) is 14.0. The fraction of sp³-hybridized carbons (Fsp3) is 0.458. The number of aryl methyl sites for hydroxylation is 1. The summed E-state index contributed by atoms with van der Waals surface area (Å²) in [6.45, 7) is 7.09. The van der Waals surface area contributed by atoms with Gasteiger partial charge in [-0.05, 0) is 49.6 Å². The Balaban J connectivity index is 1.70. The number of nitrogens with zero attached hydrogens (tertiary/aromatic N) is 2. The maximum atomic E-state index is 13.2. The molecule has 3 rings (SSSR count). The van der Waals surface area contributed by atoms with Crippen LogP contribution in [0.25, 0.3) is 0 Å². The quantitative estimate of drug-likeness (QED) is 0.671. The predicted molar refractivity (Wildman–Crippen MR) is 115 cm³/mol. The standard InChI is InChI=1S/C24H32N2O3/c1-5-25(16-19-9-6-8-18(2)14-19)17-24(27)26-13-7-10-21(26)20-11-12-22(28-3)23(15-20)29-4/h6,8-9,11-12,14-15,21H,5,7,10,13,16-17H2,1-4H3. The number of methoxy groups -OCH3 is 2. The molecule has 0 saturated carbocycles. The van der Waals surface area contributed by atoms with Crippen LogP contribution in [0.15, 0.2) is 42.5 Å².